The fraction of sp³-hybridized carbons (Fsp3) is 0.0968. The van der Waals surface area contributed by atoms with Gasteiger partial charge >= 0.3 is 0 Å². The summed E-state index contributed by atoms with van der Waals surface area (Å²) in [4.78, 5) is 9.97. The van der Waals surface area contributed by atoms with Gasteiger partial charge in [0.15, 0.2) is 0 Å². The quantitative estimate of drug-likeness (QED) is 0.295. The van der Waals surface area contributed by atoms with Crippen molar-refractivity contribution < 1.29 is 0 Å². The zero-order chi connectivity index (χ0) is 22.4. The molecule has 1 aliphatic carbocycles. The summed E-state index contributed by atoms with van der Waals surface area (Å²) >= 11 is 0. The van der Waals surface area contributed by atoms with Gasteiger partial charge in [-0.1, -0.05) is 98.8 Å². The molecular formula is C31H24N2. The molecular weight excluding hydrogens is 400 g/mol. The van der Waals surface area contributed by atoms with Crippen LogP contribution < -0.4 is 0 Å². The van der Waals surface area contributed by atoms with E-state index in [-0.39, 0.29) is 5.41 Å². The molecule has 0 atom stereocenters. The van der Waals surface area contributed by atoms with Gasteiger partial charge in [0.05, 0.1) is 17.1 Å². The first-order valence-corrected chi connectivity index (χ1v) is 11.3. The molecule has 0 fully saturated rings. The summed E-state index contributed by atoms with van der Waals surface area (Å²) in [6, 6.07) is 36.1. The van der Waals surface area contributed by atoms with E-state index in [1.165, 1.54) is 16.7 Å². The van der Waals surface area contributed by atoms with Crippen molar-refractivity contribution in [1.29, 1.82) is 0 Å². The van der Waals surface area contributed by atoms with E-state index >= 15 is 0 Å². The first-order valence-electron chi connectivity index (χ1n) is 11.3. The van der Waals surface area contributed by atoms with Crippen LogP contribution in [0.25, 0.3) is 44.9 Å². The Bertz CT molecular complexity index is 1410. The lowest BCUT2D eigenvalue weighted by molar-refractivity contribution is 0.659. The van der Waals surface area contributed by atoms with Crippen molar-refractivity contribution in [2.75, 3.05) is 0 Å². The molecule has 0 bridgehead atoms. The molecule has 0 saturated carbocycles. The second-order valence-corrected chi connectivity index (χ2v) is 9.15. The monoisotopic (exact) mass is 424 g/mol. The third-order valence-electron chi connectivity index (χ3n) is 6.71. The summed E-state index contributed by atoms with van der Waals surface area (Å²) in [5.74, 6) is 0. The zero-order valence-corrected chi connectivity index (χ0v) is 18.8. The molecule has 2 heteroatoms. The molecule has 0 amide bonds. The first kappa shape index (κ1) is 19.6. The Balaban J connectivity index is 1.54. The van der Waals surface area contributed by atoms with E-state index in [1.807, 2.05) is 18.3 Å². The number of pyridine rings is 2. The highest BCUT2D eigenvalue weighted by Gasteiger charge is 2.36. The molecule has 6 rings (SSSR count). The number of fused-ring (bicyclic) bond motifs is 3. The smallest absolute Gasteiger partial charge is 0.0746 e. The SMILES string of the molecule is CC1(C)c2ccccc2-c2ncc(-c3cc(-c4ccccc4)nc(-c4ccccc4)c3)cc21. The van der Waals surface area contributed by atoms with Crippen LogP contribution in [0, 0.1) is 0 Å². The van der Waals surface area contributed by atoms with Crippen molar-refractivity contribution >= 4 is 0 Å². The minimum Gasteiger partial charge on any atom is -0.255 e. The standard InChI is InChI=1S/C31H24N2/c1-31(2)26-16-10-9-15-25(26)30-27(31)17-24(20-32-30)23-18-28(21-11-5-3-6-12-21)33-29(19-23)22-13-7-4-8-14-22/h3-20H,1-2H3. The topological polar surface area (TPSA) is 25.8 Å². The highest BCUT2D eigenvalue weighted by molar-refractivity contribution is 5.82. The molecule has 0 N–H and O–H groups in total. The maximum atomic E-state index is 5.01. The van der Waals surface area contributed by atoms with Crippen LogP contribution in [0.3, 0.4) is 0 Å². The lowest BCUT2D eigenvalue weighted by atomic mass is 9.82. The third-order valence-corrected chi connectivity index (χ3v) is 6.71. The van der Waals surface area contributed by atoms with Gasteiger partial charge in [0.2, 0.25) is 0 Å². The summed E-state index contributed by atoms with van der Waals surface area (Å²) in [6.07, 6.45) is 2.01. The number of nitrogens with zero attached hydrogens (tertiary/aromatic N) is 2. The van der Waals surface area contributed by atoms with Crippen LogP contribution in [-0.4, -0.2) is 9.97 Å². The molecule has 33 heavy (non-hydrogen) atoms. The van der Waals surface area contributed by atoms with Crippen molar-refractivity contribution in [3.05, 3.63) is 120 Å². The van der Waals surface area contributed by atoms with Gasteiger partial charge < -0.3 is 0 Å². The van der Waals surface area contributed by atoms with Crippen molar-refractivity contribution in [2.45, 2.75) is 19.3 Å². The van der Waals surface area contributed by atoms with Crippen LogP contribution in [0.5, 0.6) is 0 Å². The summed E-state index contributed by atoms with van der Waals surface area (Å²) in [5.41, 5.74) is 11.3. The molecule has 2 nitrogen and oxygen atoms in total. The predicted octanol–water partition coefficient (Wildman–Crippen LogP) is 7.78. The number of hydrogen-bond acceptors (Lipinski definition) is 2. The Labute approximate surface area is 194 Å². The average Bonchev–Trinajstić information content (AvgIpc) is 3.11. The maximum Gasteiger partial charge on any atom is 0.0746 e. The number of rotatable bonds is 3. The molecule has 5 aromatic rings. The molecule has 1 aliphatic rings. The second-order valence-electron chi connectivity index (χ2n) is 9.15. The Kier molecular flexibility index (Phi) is 4.48. The van der Waals surface area contributed by atoms with Gasteiger partial charge in [-0.05, 0) is 34.9 Å². The molecule has 0 aliphatic heterocycles. The summed E-state index contributed by atoms with van der Waals surface area (Å²) in [6.45, 7) is 4.58. The number of aromatic nitrogens is 2. The van der Waals surface area contributed by atoms with E-state index in [2.05, 4.69) is 105 Å². The van der Waals surface area contributed by atoms with Crippen molar-refractivity contribution in [1.82, 2.24) is 9.97 Å². The van der Waals surface area contributed by atoms with Crippen molar-refractivity contribution in [2.24, 2.45) is 0 Å². The summed E-state index contributed by atoms with van der Waals surface area (Å²) in [5, 5.41) is 0. The van der Waals surface area contributed by atoms with Crippen molar-refractivity contribution in [3.8, 4) is 44.9 Å². The molecule has 158 valence electrons. The van der Waals surface area contributed by atoms with Gasteiger partial charge in [0, 0.05) is 33.9 Å². The molecule has 2 aromatic heterocycles. The average molecular weight is 425 g/mol. The van der Waals surface area contributed by atoms with E-state index in [0.29, 0.717) is 0 Å². The van der Waals surface area contributed by atoms with Crippen molar-refractivity contribution in [3.63, 3.8) is 0 Å². The summed E-state index contributed by atoms with van der Waals surface area (Å²) in [7, 11) is 0. The molecule has 0 radical (unpaired) electrons. The van der Waals surface area contributed by atoms with E-state index in [4.69, 9.17) is 9.97 Å². The van der Waals surface area contributed by atoms with E-state index < -0.39 is 0 Å². The van der Waals surface area contributed by atoms with Crippen LogP contribution in [0.15, 0.2) is 109 Å². The largest absolute Gasteiger partial charge is 0.255 e. The van der Waals surface area contributed by atoms with Gasteiger partial charge in [-0.25, -0.2) is 4.98 Å². The van der Waals surface area contributed by atoms with Gasteiger partial charge in [-0.3, -0.25) is 4.98 Å². The van der Waals surface area contributed by atoms with Crippen LogP contribution in [0.4, 0.5) is 0 Å². The zero-order valence-electron chi connectivity index (χ0n) is 18.8. The number of benzene rings is 3. The fourth-order valence-electron chi connectivity index (χ4n) is 4.90. The highest BCUT2D eigenvalue weighted by Crippen LogP contribution is 2.48. The van der Waals surface area contributed by atoms with E-state index in [0.717, 1.165) is 39.3 Å². The minimum atomic E-state index is -0.0769. The van der Waals surface area contributed by atoms with Gasteiger partial charge in [0.1, 0.15) is 0 Å². The van der Waals surface area contributed by atoms with Gasteiger partial charge in [-0.2, -0.15) is 0 Å². The highest BCUT2D eigenvalue weighted by atomic mass is 14.7. The van der Waals surface area contributed by atoms with Crippen LogP contribution in [0.2, 0.25) is 0 Å². The lowest BCUT2D eigenvalue weighted by Crippen LogP contribution is -2.15. The van der Waals surface area contributed by atoms with E-state index in [1.54, 1.807) is 0 Å². The second kappa shape index (κ2) is 7.53. The van der Waals surface area contributed by atoms with E-state index in [9.17, 15) is 0 Å². The lowest BCUT2D eigenvalue weighted by Gasteiger charge is -2.21. The molecule has 3 aromatic carbocycles. The van der Waals surface area contributed by atoms with Crippen LogP contribution in [-0.2, 0) is 5.41 Å². The Morgan fingerprint density at radius 2 is 1.12 bits per heavy atom. The third kappa shape index (κ3) is 3.27. The predicted molar refractivity (Wildman–Crippen MR) is 136 cm³/mol. The van der Waals surface area contributed by atoms with Gasteiger partial charge in [0.25, 0.3) is 0 Å². The Morgan fingerprint density at radius 1 is 0.545 bits per heavy atom. The molecule has 0 spiro atoms. The molecule has 0 unspecified atom stereocenters. The Hall–Kier alpha value is -4.04. The van der Waals surface area contributed by atoms with Gasteiger partial charge in [-0.15, -0.1) is 0 Å². The minimum absolute atomic E-state index is 0.0769. The fourth-order valence-corrected chi connectivity index (χ4v) is 4.90. The molecule has 0 saturated heterocycles. The van der Waals surface area contributed by atoms with Crippen LogP contribution in [0.1, 0.15) is 25.0 Å². The normalized spacial score (nSPS) is 13.4. The Morgan fingerprint density at radius 3 is 1.76 bits per heavy atom. The first-order chi connectivity index (χ1) is 16.1. The van der Waals surface area contributed by atoms with Crippen LogP contribution >= 0.6 is 0 Å². The molecule has 2 heterocycles. The number of hydrogen-bond donors (Lipinski definition) is 0. The summed E-state index contributed by atoms with van der Waals surface area (Å²) < 4.78 is 0. The maximum absolute atomic E-state index is 5.01.